The monoisotopic (exact) mass is 408 g/mol. The van der Waals surface area contributed by atoms with Crippen LogP contribution in [0.15, 0.2) is 76.3 Å². The van der Waals surface area contributed by atoms with Crippen LogP contribution in [0.4, 0.5) is 11.4 Å². The first kappa shape index (κ1) is 18.6. The Bertz CT molecular complexity index is 1280. The molecule has 0 atom stereocenters. The first-order chi connectivity index (χ1) is 13.9. The first-order valence-electron chi connectivity index (χ1n) is 8.62. The number of amides is 1. The van der Waals surface area contributed by atoms with Gasteiger partial charge in [-0.05, 0) is 48.5 Å². The van der Waals surface area contributed by atoms with E-state index in [-0.39, 0.29) is 10.8 Å². The number of aryl methyl sites for hydroxylation is 1. The summed E-state index contributed by atoms with van der Waals surface area (Å²) in [6.07, 6.45) is 2.98. The van der Waals surface area contributed by atoms with Gasteiger partial charge in [-0.2, -0.15) is 0 Å². The fourth-order valence-electron chi connectivity index (χ4n) is 2.74. The van der Waals surface area contributed by atoms with Gasteiger partial charge in [0.25, 0.3) is 15.9 Å². The molecule has 0 saturated heterocycles. The van der Waals surface area contributed by atoms with E-state index in [4.69, 9.17) is 4.42 Å². The molecule has 2 aromatic heterocycles. The fraction of sp³-hybridized carbons (Fsp3) is 0.0500. The summed E-state index contributed by atoms with van der Waals surface area (Å²) < 4.78 is 32.8. The molecule has 1 amide bonds. The molecule has 0 radical (unpaired) electrons. The molecule has 9 heteroatoms. The van der Waals surface area contributed by atoms with Crippen LogP contribution in [0, 0.1) is 6.92 Å². The summed E-state index contributed by atoms with van der Waals surface area (Å²) >= 11 is 0. The lowest BCUT2D eigenvalue weighted by atomic mass is 10.2. The lowest BCUT2D eigenvalue weighted by molar-refractivity contribution is 0.102. The molecule has 0 aliphatic heterocycles. The predicted octanol–water partition coefficient (Wildman–Crippen LogP) is 3.58. The third-order valence-electron chi connectivity index (χ3n) is 4.11. The fourth-order valence-corrected chi connectivity index (χ4v) is 3.80. The summed E-state index contributed by atoms with van der Waals surface area (Å²) in [7, 11) is -3.77. The molecule has 146 valence electrons. The highest BCUT2D eigenvalue weighted by Gasteiger charge is 2.15. The summed E-state index contributed by atoms with van der Waals surface area (Å²) in [5.74, 6) is 0.173. The number of fused-ring (bicyclic) bond motifs is 1. The summed E-state index contributed by atoms with van der Waals surface area (Å²) in [4.78, 5) is 20.6. The first-order valence-corrected chi connectivity index (χ1v) is 10.1. The third kappa shape index (κ3) is 4.09. The number of aromatic nitrogens is 2. The Balaban J connectivity index is 1.49. The van der Waals surface area contributed by atoms with Crippen LogP contribution >= 0.6 is 0 Å². The van der Waals surface area contributed by atoms with Crippen LogP contribution in [0.25, 0.3) is 11.1 Å². The van der Waals surface area contributed by atoms with E-state index in [0.29, 0.717) is 33.9 Å². The number of pyridine rings is 1. The summed E-state index contributed by atoms with van der Waals surface area (Å²) in [5.41, 5.74) is 2.55. The summed E-state index contributed by atoms with van der Waals surface area (Å²) in [5, 5.41) is 2.76. The Hall–Kier alpha value is -3.72. The minimum absolute atomic E-state index is 0.0458. The van der Waals surface area contributed by atoms with Crippen molar-refractivity contribution < 1.29 is 17.6 Å². The maximum absolute atomic E-state index is 12.5. The smallest absolute Gasteiger partial charge is 0.261 e. The van der Waals surface area contributed by atoms with E-state index in [2.05, 4.69) is 20.0 Å². The van der Waals surface area contributed by atoms with Crippen molar-refractivity contribution in [1.82, 2.24) is 9.97 Å². The second-order valence-electron chi connectivity index (χ2n) is 6.24. The van der Waals surface area contributed by atoms with E-state index in [1.807, 2.05) is 0 Å². The zero-order valence-electron chi connectivity index (χ0n) is 15.3. The standard InChI is InChI=1S/C20H16N4O4S/c1-13-22-18-7-4-16(12-19(18)28-13)23-20(25)14-2-5-17(6-3-14)29(26,27)24-15-8-10-21-11-9-15/h2-12H,1H3,(H,21,24)(H,23,25). The lowest BCUT2D eigenvalue weighted by Crippen LogP contribution is -2.14. The molecule has 0 fully saturated rings. The number of rotatable bonds is 5. The number of carbonyl (C=O) groups excluding carboxylic acids is 1. The highest BCUT2D eigenvalue weighted by molar-refractivity contribution is 7.92. The van der Waals surface area contributed by atoms with Gasteiger partial charge in [0, 0.05) is 36.6 Å². The van der Waals surface area contributed by atoms with Crippen LogP contribution < -0.4 is 10.0 Å². The Morgan fingerprint density at radius 3 is 2.41 bits per heavy atom. The zero-order chi connectivity index (χ0) is 20.4. The molecule has 0 unspecified atom stereocenters. The quantitative estimate of drug-likeness (QED) is 0.522. The van der Waals surface area contributed by atoms with E-state index < -0.39 is 10.0 Å². The normalized spacial score (nSPS) is 11.3. The van der Waals surface area contributed by atoms with Crippen LogP contribution in [0.5, 0.6) is 0 Å². The van der Waals surface area contributed by atoms with Crippen molar-refractivity contribution in [1.29, 1.82) is 0 Å². The minimum Gasteiger partial charge on any atom is -0.441 e. The molecule has 2 N–H and O–H groups in total. The van der Waals surface area contributed by atoms with Crippen LogP contribution in [0.2, 0.25) is 0 Å². The number of anilines is 2. The van der Waals surface area contributed by atoms with E-state index in [1.54, 1.807) is 37.3 Å². The Morgan fingerprint density at radius 1 is 0.966 bits per heavy atom. The number of hydrogen-bond donors (Lipinski definition) is 2. The van der Waals surface area contributed by atoms with Gasteiger partial charge in [-0.1, -0.05) is 0 Å². The number of benzene rings is 2. The van der Waals surface area contributed by atoms with E-state index in [0.717, 1.165) is 0 Å². The Labute approximate surface area is 166 Å². The van der Waals surface area contributed by atoms with Crippen molar-refractivity contribution in [2.24, 2.45) is 0 Å². The second kappa shape index (κ2) is 7.36. The van der Waals surface area contributed by atoms with Gasteiger partial charge in [0.1, 0.15) is 5.52 Å². The molecule has 4 aromatic rings. The molecule has 2 aromatic carbocycles. The van der Waals surface area contributed by atoms with Crippen molar-refractivity contribution in [3.63, 3.8) is 0 Å². The Morgan fingerprint density at radius 2 is 1.69 bits per heavy atom. The van der Waals surface area contributed by atoms with Gasteiger partial charge >= 0.3 is 0 Å². The van der Waals surface area contributed by atoms with Gasteiger partial charge < -0.3 is 9.73 Å². The van der Waals surface area contributed by atoms with Gasteiger partial charge in [0.15, 0.2) is 11.5 Å². The second-order valence-corrected chi connectivity index (χ2v) is 7.92. The van der Waals surface area contributed by atoms with Gasteiger partial charge in [-0.3, -0.25) is 14.5 Å². The average molecular weight is 408 g/mol. The number of nitrogens with zero attached hydrogens (tertiary/aromatic N) is 2. The predicted molar refractivity (Wildman–Crippen MR) is 108 cm³/mol. The molecule has 8 nitrogen and oxygen atoms in total. The van der Waals surface area contributed by atoms with Gasteiger partial charge in [-0.25, -0.2) is 13.4 Å². The number of oxazole rings is 1. The maximum atomic E-state index is 12.5. The van der Waals surface area contributed by atoms with Gasteiger partial charge in [0.05, 0.1) is 10.6 Å². The van der Waals surface area contributed by atoms with Gasteiger partial charge in [0.2, 0.25) is 0 Å². The molecular formula is C20H16N4O4S. The summed E-state index contributed by atoms with van der Waals surface area (Å²) in [6.45, 7) is 1.75. The number of sulfonamides is 1. The molecule has 0 saturated carbocycles. The van der Waals surface area contributed by atoms with Crippen molar-refractivity contribution >= 4 is 38.4 Å². The van der Waals surface area contributed by atoms with Crippen LogP contribution in [0.1, 0.15) is 16.2 Å². The van der Waals surface area contributed by atoms with Crippen LogP contribution in [-0.2, 0) is 10.0 Å². The third-order valence-corrected chi connectivity index (χ3v) is 5.51. The van der Waals surface area contributed by atoms with Crippen molar-refractivity contribution in [3.05, 3.63) is 78.4 Å². The molecule has 4 rings (SSSR count). The molecule has 0 aliphatic rings. The highest BCUT2D eigenvalue weighted by Crippen LogP contribution is 2.21. The van der Waals surface area contributed by atoms with Crippen LogP contribution in [0.3, 0.4) is 0 Å². The minimum atomic E-state index is -3.77. The number of nitrogens with one attached hydrogen (secondary N) is 2. The SMILES string of the molecule is Cc1nc2ccc(NC(=O)c3ccc(S(=O)(=O)Nc4ccncc4)cc3)cc2o1. The van der Waals surface area contributed by atoms with E-state index in [1.165, 1.54) is 36.7 Å². The summed E-state index contributed by atoms with van der Waals surface area (Å²) in [6, 6.07) is 13.9. The van der Waals surface area contributed by atoms with E-state index >= 15 is 0 Å². The maximum Gasteiger partial charge on any atom is 0.261 e. The lowest BCUT2D eigenvalue weighted by Gasteiger charge is -2.09. The zero-order valence-corrected chi connectivity index (χ0v) is 16.1. The van der Waals surface area contributed by atoms with Crippen molar-refractivity contribution in [2.45, 2.75) is 11.8 Å². The number of hydrogen-bond acceptors (Lipinski definition) is 6. The van der Waals surface area contributed by atoms with Crippen LogP contribution in [-0.4, -0.2) is 24.3 Å². The molecule has 0 bridgehead atoms. The molecule has 0 spiro atoms. The highest BCUT2D eigenvalue weighted by atomic mass is 32.2. The molecule has 29 heavy (non-hydrogen) atoms. The topological polar surface area (TPSA) is 114 Å². The largest absolute Gasteiger partial charge is 0.441 e. The molecular weight excluding hydrogens is 392 g/mol. The molecule has 2 heterocycles. The van der Waals surface area contributed by atoms with E-state index in [9.17, 15) is 13.2 Å². The Kier molecular flexibility index (Phi) is 4.73. The average Bonchev–Trinajstić information content (AvgIpc) is 3.08. The molecule has 0 aliphatic carbocycles. The van der Waals surface area contributed by atoms with Gasteiger partial charge in [-0.15, -0.1) is 0 Å². The number of carbonyl (C=O) groups is 1. The van der Waals surface area contributed by atoms with Crippen molar-refractivity contribution in [3.8, 4) is 0 Å². The van der Waals surface area contributed by atoms with Crippen molar-refractivity contribution in [2.75, 3.05) is 10.0 Å².